The van der Waals surface area contributed by atoms with Crippen molar-refractivity contribution in [2.24, 2.45) is 0 Å². The summed E-state index contributed by atoms with van der Waals surface area (Å²) in [5.74, 6) is 0. The SMILES string of the molecule is CC(C)=CCc1ccccc1C=C=CS(=O)(=O)c1ccccc1. The topological polar surface area (TPSA) is 34.1 Å². The van der Waals surface area contributed by atoms with Crippen LogP contribution in [0.2, 0.25) is 0 Å². The molecule has 0 fully saturated rings. The van der Waals surface area contributed by atoms with Gasteiger partial charge < -0.3 is 0 Å². The first-order valence-electron chi connectivity index (χ1n) is 7.43. The molecule has 0 bridgehead atoms. The van der Waals surface area contributed by atoms with Crippen molar-refractivity contribution in [3.05, 3.63) is 88.5 Å². The average Bonchev–Trinajstić information content (AvgIpc) is 2.54. The fourth-order valence-corrected chi connectivity index (χ4v) is 2.99. The maximum absolute atomic E-state index is 12.2. The van der Waals surface area contributed by atoms with Crippen LogP contribution in [0.15, 0.2) is 82.3 Å². The predicted octanol–water partition coefficient (Wildman–Crippen LogP) is 4.80. The lowest BCUT2D eigenvalue weighted by Gasteiger charge is -2.02. The summed E-state index contributed by atoms with van der Waals surface area (Å²) in [5.41, 5.74) is 6.19. The molecule has 0 saturated carbocycles. The predicted molar refractivity (Wildman–Crippen MR) is 95.8 cm³/mol. The van der Waals surface area contributed by atoms with Gasteiger partial charge in [-0.05, 0) is 49.6 Å². The molecule has 0 N–H and O–H groups in total. The van der Waals surface area contributed by atoms with E-state index in [0.717, 1.165) is 23.0 Å². The Labute approximate surface area is 138 Å². The van der Waals surface area contributed by atoms with Crippen LogP contribution < -0.4 is 0 Å². The monoisotopic (exact) mass is 324 g/mol. The molecule has 0 aliphatic heterocycles. The molecule has 0 aromatic heterocycles. The van der Waals surface area contributed by atoms with Crippen molar-refractivity contribution >= 4 is 15.9 Å². The highest BCUT2D eigenvalue weighted by Gasteiger charge is 2.08. The molecule has 2 rings (SSSR count). The van der Waals surface area contributed by atoms with Gasteiger partial charge in [-0.1, -0.05) is 54.1 Å². The summed E-state index contributed by atoms with van der Waals surface area (Å²) in [4.78, 5) is 0.277. The average molecular weight is 324 g/mol. The van der Waals surface area contributed by atoms with E-state index in [1.165, 1.54) is 5.57 Å². The summed E-state index contributed by atoms with van der Waals surface area (Å²) in [6, 6.07) is 16.3. The summed E-state index contributed by atoms with van der Waals surface area (Å²) in [5, 5.41) is 1.13. The number of hydrogen-bond donors (Lipinski definition) is 0. The van der Waals surface area contributed by atoms with Crippen molar-refractivity contribution in [3.63, 3.8) is 0 Å². The molecule has 118 valence electrons. The largest absolute Gasteiger partial charge is 0.218 e. The minimum Gasteiger partial charge on any atom is -0.218 e. The maximum atomic E-state index is 12.2. The van der Waals surface area contributed by atoms with Crippen LogP contribution >= 0.6 is 0 Å². The number of hydrogen-bond acceptors (Lipinski definition) is 2. The molecule has 0 atom stereocenters. The fraction of sp³-hybridized carbons (Fsp3) is 0.150. The Morgan fingerprint density at radius 2 is 1.65 bits per heavy atom. The molecule has 0 aliphatic rings. The third-order valence-electron chi connectivity index (χ3n) is 3.32. The van der Waals surface area contributed by atoms with Gasteiger partial charge in [-0.2, -0.15) is 0 Å². The van der Waals surface area contributed by atoms with E-state index in [-0.39, 0.29) is 4.90 Å². The van der Waals surface area contributed by atoms with E-state index in [4.69, 9.17) is 0 Å². The van der Waals surface area contributed by atoms with E-state index < -0.39 is 9.84 Å². The van der Waals surface area contributed by atoms with Crippen molar-refractivity contribution < 1.29 is 8.42 Å². The molecule has 2 aromatic rings. The minimum absolute atomic E-state index is 0.277. The van der Waals surface area contributed by atoms with Gasteiger partial charge in [-0.25, -0.2) is 8.42 Å². The summed E-state index contributed by atoms with van der Waals surface area (Å²) < 4.78 is 24.3. The standard InChI is InChI=1S/C20H20O2S/c1-17(2)14-15-19-10-7-6-9-18(19)11-8-16-23(21,22)20-12-4-3-5-13-20/h3-7,9-14,16H,15H2,1-2H3. The van der Waals surface area contributed by atoms with Crippen molar-refractivity contribution in [2.75, 3.05) is 0 Å². The molecule has 0 saturated heterocycles. The highest BCUT2D eigenvalue weighted by atomic mass is 32.2. The number of benzene rings is 2. The number of allylic oxidation sites excluding steroid dienone is 2. The van der Waals surface area contributed by atoms with Crippen LogP contribution in [0.3, 0.4) is 0 Å². The normalized spacial score (nSPS) is 10.5. The van der Waals surface area contributed by atoms with Crippen LogP contribution in [0.1, 0.15) is 25.0 Å². The molecule has 0 unspecified atom stereocenters. The van der Waals surface area contributed by atoms with Gasteiger partial charge in [0.2, 0.25) is 9.84 Å². The highest BCUT2D eigenvalue weighted by Crippen LogP contribution is 2.14. The number of sulfone groups is 1. The van der Waals surface area contributed by atoms with Crippen LogP contribution in [0, 0.1) is 0 Å². The van der Waals surface area contributed by atoms with Gasteiger partial charge in [0.1, 0.15) is 0 Å². The molecule has 2 nitrogen and oxygen atoms in total. The zero-order chi connectivity index (χ0) is 16.7. The Morgan fingerprint density at radius 1 is 1.00 bits per heavy atom. The zero-order valence-electron chi connectivity index (χ0n) is 13.4. The van der Waals surface area contributed by atoms with E-state index in [1.54, 1.807) is 36.4 Å². The first kappa shape index (κ1) is 17.0. The van der Waals surface area contributed by atoms with E-state index in [9.17, 15) is 8.42 Å². The van der Waals surface area contributed by atoms with Crippen LogP contribution in [0.4, 0.5) is 0 Å². The van der Waals surface area contributed by atoms with Gasteiger partial charge in [0.25, 0.3) is 0 Å². The maximum Gasteiger partial charge on any atom is 0.207 e. The Kier molecular flexibility index (Phi) is 5.75. The van der Waals surface area contributed by atoms with Crippen LogP contribution in [0.25, 0.3) is 6.08 Å². The second-order valence-corrected chi connectivity index (χ2v) is 7.27. The molecule has 0 radical (unpaired) electrons. The molecule has 2 aromatic carbocycles. The van der Waals surface area contributed by atoms with Gasteiger partial charge in [0.05, 0.1) is 10.3 Å². The fourth-order valence-electron chi connectivity index (χ4n) is 2.07. The Hall–Kier alpha value is -2.35. The molecule has 23 heavy (non-hydrogen) atoms. The molecule has 0 heterocycles. The number of rotatable bonds is 5. The third-order valence-corrected chi connectivity index (χ3v) is 4.69. The zero-order valence-corrected chi connectivity index (χ0v) is 14.2. The molecular formula is C20H20O2S. The smallest absolute Gasteiger partial charge is 0.207 e. The highest BCUT2D eigenvalue weighted by molar-refractivity contribution is 7.94. The first-order valence-corrected chi connectivity index (χ1v) is 8.97. The molecular weight excluding hydrogens is 304 g/mol. The Morgan fingerprint density at radius 3 is 2.35 bits per heavy atom. The molecule has 0 spiro atoms. The summed E-state index contributed by atoms with van der Waals surface area (Å²) in [6.45, 7) is 4.12. The summed E-state index contributed by atoms with van der Waals surface area (Å²) in [6.07, 6.45) is 4.69. The van der Waals surface area contributed by atoms with Crippen LogP contribution in [-0.2, 0) is 16.3 Å². The molecule has 0 aliphatic carbocycles. The first-order chi connectivity index (χ1) is 11.0. The summed E-state index contributed by atoms with van der Waals surface area (Å²) >= 11 is 0. The lowest BCUT2D eigenvalue weighted by Crippen LogP contribution is -1.94. The Bertz CT molecular complexity index is 850. The van der Waals surface area contributed by atoms with E-state index in [2.05, 4.69) is 25.7 Å². The second kappa shape index (κ2) is 7.77. The van der Waals surface area contributed by atoms with Crippen molar-refractivity contribution in [3.8, 4) is 0 Å². The van der Waals surface area contributed by atoms with Crippen LogP contribution in [-0.4, -0.2) is 8.42 Å². The van der Waals surface area contributed by atoms with E-state index in [0.29, 0.717) is 0 Å². The lowest BCUT2D eigenvalue weighted by molar-refractivity contribution is 0.604. The quantitative estimate of drug-likeness (QED) is 0.585. The van der Waals surface area contributed by atoms with E-state index >= 15 is 0 Å². The van der Waals surface area contributed by atoms with Gasteiger partial charge in [0.15, 0.2) is 0 Å². The molecule has 0 amide bonds. The summed E-state index contributed by atoms with van der Waals surface area (Å²) in [7, 11) is -3.45. The Balaban J connectivity index is 2.28. The van der Waals surface area contributed by atoms with Crippen molar-refractivity contribution in [1.29, 1.82) is 0 Å². The lowest BCUT2D eigenvalue weighted by atomic mass is 10.0. The van der Waals surface area contributed by atoms with Crippen LogP contribution in [0.5, 0.6) is 0 Å². The second-order valence-electron chi connectivity index (χ2n) is 5.47. The van der Waals surface area contributed by atoms with Crippen molar-refractivity contribution in [1.82, 2.24) is 0 Å². The van der Waals surface area contributed by atoms with Gasteiger partial charge in [-0.15, -0.1) is 5.73 Å². The third kappa shape index (κ3) is 5.10. The van der Waals surface area contributed by atoms with Gasteiger partial charge >= 0.3 is 0 Å². The van der Waals surface area contributed by atoms with Crippen molar-refractivity contribution in [2.45, 2.75) is 25.2 Å². The molecule has 3 heteroatoms. The van der Waals surface area contributed by atoms with Gasteiger partial charge in [-0.3, -0.25) is 0 Å². The van der Waals surface area contributed by atoms with Gasteiger partial charge in [0, 0.05) is 0 Å². The van der Waals surface area contributed by atoms with E-state index in [1.807, 2.05) is 24.3 Å². The minimum atomic E-state index is -3.45.